The number of nitrogens with one attached hydrogen (secondary N) is 2. The molecule has 0 atom stereocenters. The van der Waals surface area contributed by atoms with E-state index in [9.17, 15) is 14.4 Å². The number of hydrogen-bond donors (Lipinski definition) is 2. The number of halogens is 1. The predicted octanol–water partition coefficient (Wildman–Crippen LogP) is 4.46. The number of nitrogens with zero attached hydrogens (tertiary/aromatic N) is 2. The molecular formula is C25H35FN4O3. The smallest absolute Gasteiger partial charge is 0.350 e. The SMILES string of the molecule is O=CCCCCCNn1c(=O)c2cc(F)c(NC3CCCCC3)cc2n(C2CCCC2)c1=O. The molecule has 1 aromatic heterocycles. The maximum atomic E-state index is 15.1. The van der Waals surface area contributed by atoms with E-state index in [4.69, 9.17) is 0 Å². The Hall–Kier alpha value is -2.64. The van der Waals surface area contributed by atoms with Crippen molar-refractivity contribution in [2.75, 3.05) is 17.3 Å². The Balaban J connectivity index is 1.69. The van der Waals surface area contributed by atoms with Gasteiger partial charge in [-0.1, -0.05) is 38.5 Å². The van der Waals surface area contributed by atoms with Gasteiger partial charge in [-0.15, -0.1) is 0 Å². The maximum Gasteiger partial charge on any atom is 0.350 e. The average molecular weight is 459 g/mol. The highest BCUT2D eigenvalue weighted by Crippen LogP contribution is 2.32. The third kappa shape index (κ3) is 5.31. The number of rotatable bonds is 10. The number of fused-ring (bicyclic) bond motifs is 1. The normalized spacial score (nSPS) is 17.5. The Bertz CT molecular complexity index is 1080. The summed E-state index contributed by atoms with van der Waals surface area (Å²) in [7, 11) is 0. The highest BCUT2D eigenvalue weighted by Gasteiger charge is 2.25. The minimum atomic E-state index is -0.514. The zero-order valence-electron chi connectivity index (χ0n) is 19.3. The third-order valence-corrected chi connectivity index (χ3v) is 7.10. The summed E-state index contributed by atoms with van der Waals surface area (Å²) in [6, 6.07) is 3.19. The first-order valence-corrected chi connectivity index (χ1v) is 12.5. The van der Waals surface area contributed by atoms with Crippen LogP contribution in [0.15, 0.2) is 21.7 Å². The molecule has 2 fully saturated rings. The van der Waals surface area contributed by atoms with Crippen LogP contribution in [-0.2, 0) is 4.79 Å². The van der Waals surface area contributed by atoms with E-state index in [2.05, 4.69) is 10.7 Å². The van der Waals surface area contributed by atoms with Gasteiger partial charge in [0.2, 0.25) is 0 Å². The molecular weight excluding hydrogens is 423 g/mol. The van der Waals surface area contributed by atoms with Gasteiger partial charge in [-0.05, 0) is 50.7 Å². The number of unbranched alkanes of at least 4 members (excludes halogenated alkanes) is 3. The Labute approximate surface area is 193 Å². The molecule has 2 N–H and O–H groups in total. The highest BCUT2D eigenvalue weighted by molar-refractivity contribution is 5.82. The van der Waals surface area contributed by atoms with Gasteiger partial charge in [0.05, 0.1) is 16.6 Å². The van der Waals surface area contributed by atoms with Crippen molar-refractivity contribution in [1.82, 2.24) is 9.24 Å². The largest absolute Gasteiger partial charge is 0.380 e. The zero-order chi connectivity index (χ0) is 23.2. The molecule has 2 aliphatic carbocycles. The summed E-state index contributed by atoms with van der Waals surface area (Å²) in [6.45, 7) is 0.438. The van der Waals surface area contributed by atoms with E-state index in [1.807, 2.05) is 0 Å². The summed E-state index contributed by atoms with van der Waals surface area (Å²) in [6.07, 6.45) is 13.1. The minimum absolute atomic E-state index is 0.00855. The quantitative estimate of drug-likeness (QED) is 0.405. The third-order valence-electron chi connectivity index (χ3n) is 7.10. The second-order valence-corrected chi connectivity index (χ2v) is 9.48. The molecule has 2 saturated carbocycles. The van der Waals surface area contributed by atoms with Crippen LogP contribution >= 0.6 is 0 Å². The summed E-state index contributed by atoms with van der Waals surface area (Å²) in [4.78, 5) is 37.1. The number of benzene rings is 1. The molecule has 7 nitrogen and oxygen atoms in total. The molecule has 0 radical (unpaired) electrons. The Morgan fingerprint density at radius 2 is 1.70 bits per heavy atom. The maximum absolute atomic E-state index is 15.1. The van der Waals surface area contributed by atoms with E-state index in [0.29, 0.717) is 24.2 Å². The van der Waals surface area contributed by atoms with E-state index in [1.54, 1.807) is 10.6 Å². The van der Waals surface area contributed by atoms with Gasteiger partial charge in [-0.2, -0.15) is 4.68 Å². The van der Waals surface area contributed by atoms with Gasteiger partial charge in [0.1, 0.15) is 12.1 Å². The van der Waals surface area contributed by atoms with Crippen LogP contribution in [0, 0.1) is 5.82 Å². The van der Waals surface area contributed by atoms with Gasteiger partial charge in [0.25, 0.3) is 5.56 Å². The summed E-state index contributed by atoms with van der Waals surface area (Å²) >= 11 is 0. The standard InChI is InChI=1S/C25H35FN4O3/c26-21-16-20-23(17-22(21)28-18-10-4-3-5-11-18)29(19-12-6-7-13-19)25(33)30(24(20)32)27-14-8-1-2-9-15-31/h15-19,27-28H,1-14H2. The second-order valence-electron chi connectivity index (χ2n) is 9.48. The molecule has 0 amide bonds. The number of carbonyl (C=O) groups is 1. The van der Waals surface area contributed by atoms with Gasteiger partial charge in [0, 0.05) is 25.0 Å². The Morgan fingerprint density at radius 1 is 0.970 bits per heavy atom. The number of aldehydes is 1. The molecule has 33 heavy (non-hydrogen) atoms. The van der Waals surface area contributed by atoms with E-state index < -0.39 is 11.4 Å². The highest BCUT2D eigenvalue weighted by atomic mass is 19.1. The van der Waals surface area contributed by atoms with Crippen molar-refractivity contribution < 1.29 is 9.18 Å². The predicted molar refractivity (Wildman–Crippen MR) is 129 cm³/mol. The van der Waals surface area contributed by atoms with Crippen molar-refractivity contribution in [3.8, 4) is 0 Å². The first-order chi connectivity index (χ1) is 16.1. The molecule has 2 aromatic rings. The van der Waals surface area contributed by atoms with Crippen LogP contribution < -0.4 is 22.0 Å². The molecule has 1 heterocycles. The summed E-state index contributed by atoms with van der Waals surface area (Å²) in [5, 5.41) is 3.56. The number of aromatic nitrogens is 2. The molecule has 1 aromatic carbocycles. The van der Waals surface area contributed by atoms with Gasteiger partial charge in [-0.25, -0.2) is 9.18 Å². The number of anilines is 1. The van der Waals surface area contributed by atoms with E-state index in [1.165, 1.54) is 12.5 Å². The summed E-state index contributed by atoms with van der Waals surface area (Å²) in [5.41, 5.74) is 2.95. The lowest BCUT2D eigenvalue weighted by Gasteiger charge is -2.25. The Kier molecular flexibility index (Phi) is 7.83. The lowest BCUT2D eigenvalue weighted by atomic mass is 9.95. The fourth-order valence-corrected chi connectivity index (χ4v) is 5.30. The van der Waals surface area contributed by atoms with Crippen LogP contribution in [0.2, 0.25) is 0 Å². The monoisotopic (exact) mass is 458 g/mol. The lowest BCUT2D eigenvalue weighted by molar-refractivity contribution is -0.107. The van der Waals surface area contributed by atoms with Crippen molar-refractivity contribution in [3.05, 3.63) is 38.8 Å². The van der Waals surface area contributed by atoms with E-state index in [0.717, 1.165) is 81.6 Å². The average Bonchev–Trinajstić information content (AvgIpc) is 3.34. The molecule has 0 unspecified atom stereocenters. The fraction of sp³-hybridized carbons (Fsp3) is 0.640. The van der Waals surface area contributed by atoms with Gasteiger partial charge in [-0.3, -0.25) is 9.36 Å². The minimum Gasteiger partial charge on any atom is -0.380 e. The van der Waals surface area contributed by atoms with E-state index >= 15 is 4.39 Å². The van der Waals surface area contributed by atoms with Crippen LogP contribution in [0.4, 0.5) is 10.1 Å². The van der Waals surface area contributed by atoms with Crippen LogP contribution in [0.3, 0.4) is 0 Å². The first kappa shape index (κ1) is 23.5. The van der Waals surface area contributed by atoms with Crippen LogP contribution in [0.1, 0.15) is 89.5 Å². The van der Waals surface area contributed by atoms with Crippen molar-refractivity contribution in [1.29, 1.82) is 0 Å². The van der Waals surface area contributed by atoms with Crippen molar-refractivity contribution in [3.63, 3.8) is 0 Å². The molecule has 180 valence electrons. The van der Waals surface area contributed by atoms with Crippen LogP contribution in [0.5, 0.6) is 0 Å². The summed E-state index contributed by atoms with van der Waals surface area (Å²) < 4.78 is 17.8. The Morgan fingerprint density at radius 3 is 2.42 bits per heavy atom. The topological polar surface area (TPSA) is 85.1 Å². The molecule has 4 rings (SSSR count). The first-order valence-electron chi connectivity index (χ1n) is 12.5. The van der Waals surface area contributed by atoms with Crippen molar-refractivity contribution in [2.45, 2.75) is 95.6 Å². The molecule has 0 spiro atoms. The molecule has 8 heteroatoms. The fourth-order valence-electron chi connectivity index (χ4n) is 5.30. The van der Waals surface area contributed by atoms with Crippen LogP contribution in [0.25, 0.3) is 10.9 Å². The number of hydrogen-bond acceptors (Lipinski definition) is 5. The van der Waals surface area contributed by atoms with Crippen LogP contribution in [-0.4, -0.2) is 28.1 Å². The molecule has 0 bridgehead atoms. The van der Waals surface area contributed by atoms with Gasteiger partial charge >= 0.3 is 5.69 Å². The number of carbonyl (C=O) groups excluding carboxylic acids is 1. The summed E-state index contributed by atoms with van der Waals surface area (Å²) in [5.74, 6) is -0.456. The second kappa shape index (κ2) is 11.0. The molecule has 0 aliphatic heterocycles. The lowest BCUT2D eigenvalue weighted by Crippen LogP contribution is -2.46. The van der Waals surface area contributed by atoms with Crippen molar-refractivity contribution >= 4 is 22.9 Å². The molecule has 0 saturated heterocycles. The van der Waals surface area contributed by atoms with Crippen molar-refractivity contribution in [2.24, 2.45) is 0 Å². The van der Waals surface area contributed by atoms with E-state index in [-0.39, 0.29) is 23.2 Å². The molecule has 2 aliphatic rings. The zero-order valence-corrected chi connectivity index (χ0v) is 19.3. The van der Waals surface area contributed by atoms with Gasteiger partial charge < -0.3 is 15.5 Å². The van der Waals surface area contributed by atoms with Gasteiger partial charge in [0.15, 0.2) is 0 Å².